The predicted octanol–water partition coefficient (Wildman–Crippen LogP) is 4.21. The van der Waals surface area contributed by atoms with Gasteiger partial charge in [0.2, 0.25) is 0 Å². The second-order valence-corrected chi connectivity index (χ2v) is 7.57. The largest absolute Gasteiger partial charge is 0.497 e. The van der Waals surface area contributed by atoms with Gasteiger partial charge in [-0.15, -0.1) is 0 Å². The Kier molecular flexibility index (Phi) is 4.53. The smallest absolute Gasteiger partial charge is 0.119 e. The molecular weight excluding hydrogens is 350 g/mol. The molecule has 5 nitrogen and oxygen atoms in total. The number of H-pyrrole nitrogens is 1. The van der Waals surface area contributed by atoms with Crippen LogP contribution in [0.5, 0.6) is 5.75 Å². The highest BCUT2D eigenvalue weighted by atomic mass is 16.5. The van der Waals surface area contributed by atoms with E-state index in [1.807, 2.05) is 30.8 Å². The van der Waals surface area contributed by atoms with Crippen LogP contribution in [0.1, 0.15) is 35.7 Å². The summed E-state index contributed by atoms with van der Waals surface area (Å²) in [5.41, 5.74) is 5.05. The lowest BCUT2D eigenvalue weighted by molar-refractivity contribution is 0.0637. The molecule has 1 aromatic carbocycles. The summed E-state index contributed by atoms with van der Waals surface area (Å²) in [5, 5.41) is 1.26. The first-order valence-corrected chi connectivity index (χ1v) is 9.96. The average Bonchev–Trinajstić information content (AvgIpc) is 3.12. The zero-order valence-corrected chi connectivity index (χ0v) is 16.1. The van der Waals surface area contributed by atoms with Crippen LogP contribution in [-0.2, 0) is 11.2 Å². The topological polar surface area (TPSA) is 50.4 Å². The number of benzene rings is 1. The molecule has 3 aromatic rings. The third-order valence-electron chi connectivity index (χ3n) is 5.89. The van der Waals surface area contributed by atoms with Gasteiger partial charge in [-0.3, -0.25) is 9.88 Å². The second-order valence-electron chi connectivity index (χ2n) is 7.57. The number of hydrogen-bond donors (Lipinski definition) is 1. The van der Waals surface area contributed by atoms with Crippen molar-refractivity contribution in [3.05, 3.63) is 71.9 Å². The highest BCUT2D eigenvalue weighted by Gasteiger charge is 2.33. The number of nitrogens with zero attached hydrogens (tertiary/aromatic N) is 2. The molecule has 4 heterocycles. The molecule has 0 amide bonds. The Morgan fingerprint density at radius 3 is 3.07 bits per heavy atom. The molecule has 0 radical (unpaired) electrons. The summed E-state index contributed by atoms with van der Waals surface area (Å²) in [4.78, 5) is 10.6. The monoisotopic (exact) mass is 375 g/mol. The zero-order valence-electron chi connectivity index (χ0n) is 16.1. The summed E-state index contributed by atoms with van der Waals surface area (Å²) >= 11 is 0. The maximum absolute atomic E-state index is 5.88. The van der Waals surface area contributed by atoms with Crippen LogP contribution >= 0.6 is 0 Å². The fourth-order valence-electron chi connectivity index (χ4n) is 4.54. The number of hydrogen-bond acceptors (Lipinski definition) is 4. The molecule has 144 valence electrons. The fourth-order valence-corrected chi connectivity index (χ4v) is 4.54. The second kappa shape index (κ2) is 7.32. The van der Waals surface area contributed by atoms with Crippen molar-refractivity contribution < 1.29 is 9.47 Å². The van der Waals surface area contributed by atoms with Gasteiger partial charge in [-0.05, 0) is 60.7 Å². The molecule has 0 unspecified atom stereocenters. The van der Waals surface area contributed by atoms with Gasteiger partial charge in [0.25, 0.3) is 0 Å². The van der Waals surface area contributed by atoms with Crippen molar-refractivity contribution in [1.29, 1.82) is 0 Å². The van der Waals surface area contributed by atoms with Crippen LogP contribution in [0.25, 0.3) is 10.9 Å². The lowest BCUT2D eigenvalue weighted by atomic mass is 9.92. The predicted molar refractivity (Wildman–Crippen MR) is 109 cm³/mol. The van der Waals surface area contributed by atoms with Crippen LogP contribution in [0.4, 0.5) is 0 Å². The molecule has 0 bridgehead atoms. The van der Waals surface area contributed by atoms with Gasteiger partial charge in [0.05, 0.1) is 19.4 Å². The third kappa shape index (κ3) is 3.06. The van der Waals surface area contributed by atoms with Crippen molar-refractivity contribution in [2.24, 2.45) is 0 Å². The Morgan fingerprint density at radius 2 is 2.29 bits per heavy atom. The van der Waals surface area contributed by atoms with E-state index < -0.39 is 0 Å². The van der Waals surface area contributed by atoms with Crippen LogP contribution < -0.4 is 4.74 Å². The maximum atomic E-state index is 5.88. The molecule has 2 aliphatic heterocycles. The first kappa shape index (κ1) is 17.3. The average molecular weight is 375 g/mol. The minimum absolute atomic E-state index is 0.158. The van der Waals surface area contributed by atoms with Gasteiger partial charge in [0.1, 0.15) is 11.9 Å². The van der Waals surface area contributed by atoms with Crippen LogP contribution in [0.15, 0.2) is 55.1 Å². The molecule has 5 rings (SSSR count). The molecule has 28 heavy (non-hydrogen) atoms. The van der Waals surface area contributed by atoms with Gasteiger partial charge in [0, 0.05) is 42.1 Å². The van der Waals surface area contributed by atoms with Gasteiger partial charge in [-0.1, -0.05) is 6.07 Å². The lowest BCUT2D eigenvalue weighted by Crippen LogP contribution is -2.41. The number of ether oxygens (including phenoxy) is 2. The van der Waals surface area contributed by atoms with E-state index in [-0.39, 0.29) is 12.1 Å². The molecule has 2 aromatic heterocycles. The number of pyridine rings is 1. The summed E-state index contributed by atoms with van der Waals surface area (Å²) in [6.45, 7) is 1.92. The Morgan fingerprint density at radius 1 is 1.32 bits per heavy atom. The molecule has 0 saturated heterocycles. The fraction of sp³-hybridized carbons (Fsp3) is 0.348. The SMILES string of the molecule is COc1ccc2[nH]c3c(c2c1)CCN(C[C@H]1CCC=CO1)[C@@H]3c1cccnc1. The Balaban J connectivity index is 1.57. The van der Waals surface area contributed by atoms with Crippen molar-refractivity contribution >= 4 is 10.9 Å². The third-order valence-corrected chi connectivity index (χ3v) is 5.89. The summed E-state index contributed by atoms with van der Waals surface area (Å²) in [6, 6.07) is 10.6. The number of nitrogens with one attached hydrogen (secondary N) is 1. The molecule has 2 aliphatic rings. The van der Waals surface area contributed by atoms with Gasteiger partial charge in [-0.2, -0.15) is 0 Å². The highest BCUT2D eigenvalue weighted by molar-refractivity contribution is 5.86. The standard InChI is InChI=1S/C23H25N3O2/c1-27-17-7-8-21-20(13-17)19-9-11-26(15-18-6-2-3-12-28-18)23(22(19)25-21)16-5-4-10-24-14-16/h3-5,7-8,10,12-14,18,23,25H,2,6,9,11,15H2,1H3/t18-,23-/m1/s1. The van der Waals surface area contributed by atoms with Gasteiger partial charge in [0.15, 0.2) is 0 Å². The molecule has 0 saturated carbocycles. The van der Waals surface area contributed by atoms with E-state index in [1.54, 1.807) is 7.11 Å². The normalized spacial score (nSPS) is 22.0. The molecule has 0 fully saturated rings. The van der Waals surface area contributed by atoms with E-state index >= 15 is 0 Å². The summed E-state index contributed by atoms with van der Waals surface area (Å²) < 4.78 is 11.3. The number of aromatic amines is 1. The van der Waals surface area contributed by atoms with E-state index in [0.717, 1.165) is 38.1 Å². The number of fused-ring (bicyclic) bond motifs is 3. The Hall–Kier alpha value is -2.79. The minimum Gasteiger partial charge on any atom is -0.497 e. The molecule has 0 aliphatic carbocycles. The van der Waals surface area contributed by atoms with Crippen molar-refractivity contribution in [3.8, 4) is 5.75 Å². The highest BCUT2D eigenvalue weighted by Crippen LogP contribution is 2.39. The van der Waals surface area contributed by atoms with Gasteiger partial charge >= 0.3 is 0 Å². The molecule has 1 N–H and O–H groups in total. The van der Waals surface area contributed by atoms with Crippen LogP contribution in [-0.4, -0.2) is 41.2 Å². The van der Waals surface area contributed by atoms with Crippen molar-refractivity contribution in [1.82, 2.24) is 14.9 Å². The lowest BCUT2D eigenvalue weighted by Gasteiger charge is -2.38. The minimum atomic E-state index is 0.158. The van der Waals surface area contributed by atoms with Gasteiger partial charge < -0.3 is 14.5 Å². The number of aromatic nitrogens is 2. The van der Waals surface area contributed by atoms with Crippen molar-refractivity contribution in [3.63, 3.8) is 0 Å². The van der Waals surface area contributed by atoms with Gasteiger partial charge in [-0.25, -0.2) is 0 Å². The van der Waals surface area contributed by atoms with E-state index in [1.165, 1.54) is 27.7 Å². The molecule has 0 spiro atoms. The van der Waals surface area contributed by atoms with E-state index in [0.29, 0.717) is 0 Å². The van der Waals surface area contributed by atoms with E-state index in [2.05, 4.69) is 39.1 Å². The quantitative estimate of drug-likeness (QED) is 0.742. The summed E-state index contributed by atoms with van der Waals surface area (Å²) in [7, 11) is 1.72. The van der Waals surface area contributed by atoms with Crippen LogP contribution in [0.2, 0.25) is 0 Å². The van der Waals surface area contributed by atoms with E-state index in [4.69, 9.17) is 9.47 Å². The maximum Gasteiger partial charge on any atom is 0.119 e. The first-order chi connectivity index (χ1) is 13.8. The van der Waals surface area contributed by atoms with Crippen molar-refractivity contribution in [2.75, 3.05) is 20.2 Å². The molecule has 5 heteroatoms. The van der Waals surface area contributed by atoms with E-state index in [9.17, 15) is 0 Å². The molecular formula is C23H25N3O2. The Bertz CT molecular complexity index is 996. The van der Waals surface area contributed by atoms with Crippen molar-refractivity contribution in [2.45, 2.75) is 31.4 Å². The summed E-state index contributed by atoms with van der Waals surface area (Å²) in [6.07, 6.45) is 11.2. The zero-order chi connectivity index (χ0) is 18.9. The Labute approximate surface area is 165 Å². The van der Waals surface area contributed by atoms with Crippen LogP contribution in [0, 0.1) is 0 Å². The summed E-state index contributed by atoms with van der Waals surface area (Å²) in [5.74, 6) is 0.900. The number of rotatable bonds is 4. The number of allylic oxidation sites excluding steroid dienone is 1. The molecule has 2 atom stereocenters. The number of methoxy groups -OCH3 is 1. The first-order valence-electron chi connectivity index (χ1n) is 9.96. The van der Waals surface area contributed by atoms with Crippen LogP contribution in [0.3, 0.4) is 0 Å².